The van der Waals surface area contributed by atoms with Crippen molar-refractivity contribution in [1.82, 2.24) is 9.88 Å². The van der Waals surface area contributed by atoms with Crippen molar-refractivity contribution in [1.29, 1.82) is 0 Å². The number of hydrogen-bond donors (Lipinski definition) is 1. The summed E-state index contributed by atoms with van der Waals surface area (Å²) in [6.07, 6.45) is 1.61. The minimum atomic E-state index is -0.233. The molecule has 1 aliphatic heterocycles. The van der Waals surface area contributed by atoms with Gasteiger partial charge in [0, 0.05) is 37.4 Å². The maximum absolute atomic E-state index is 12.4. The number of carbonyl (C=O) groups is 1. The number of halogens is 1. The molecule has 1 fully saturated rings. The smallest absolute Gasteiger partial charge is 0.274 e. The molecule has 5 nitrogen and oxygen atoms in total. The maximum Gasteiger partial charge on any atom is 0.274 e. The molecular formula is C17H19ClN4O. The van der Waals surface area contributed by atoms with Gasteiger partial charge in [-0.2, -0.15) is 0 Å². The second-order valence-electron chi connectivity index (χ2n) is 5.62. The van der Waals surface area contributed by atoms with Crippen LogP contribution in [0.5, 0.6) is 0 Å². The molecule has 1 aromatic carbocycles. The molecule has 1 saturated heterocycles. The second-order valence-corrected chi connectivity index (χ2v) is 6.06. The molecule has 1 aliphatic rings. The summed E-state index contributed by atoms with van der Waals surface area (Å²) in [5, 5.41) is 3.53. The molecule has 0 bridgehead atoms. The topological polar surface area (TPSA) is 48.5 Å². The van der Waals surface area contributed by atoms with Crippen molar-refractivity contribution in [3.8, 4) is 0 Å². The monoisotopic (exact) mass is 330 g/mol. The Morgan fingerprint density at radius 1 is 1.17 bits per heavy atom. The van der Waals surface area contributed by atoms with Gasteiger partial charge in [-0.25, -0.2) is 0 Å². The van der Waals surface area contributed by atoms with Crippen LogP contribution in [0.2, 0.25) is 5.02 Å². The molecule has 0 atom stereocenters. The first kappa shape index (κ1) is 15.8. The first-order valence-corrected chi connectivity index (χ1v) is 7.97. The van der Waals surface area contributed by atoms with Gasteiger partial charge in [-0.05, 0) is 37.4 Å². The van der Waals surface area contributed by atoms with Gasteiger partial charge in [0.1, 0.15) is 5.69 Å². The Labute approximate surface area is 140 Å². The van der Waals surface area contributed by atoms with Crippen LogP contribution in [0.4, 0.5) is 11.4 Å². The van der Waals surface area contributed by atoms with Crippen LogP contribution in [0.1, 0.15) is 10.5 Å². The molecule has 3 rings (SSSR count). The van der Waals surface area contributed by atoms with Crippen molar-refractivity contribution < 1.29 is 4.79 Å². The van der Waals surface area contributed by atoms with Gasteiger partial charge in [-0.3, -0.25) is 9.78 Å². The van der Waals surface area contributed by atoms with Gasteiger partial charge in [0.15, 0.2) is 0 Å². The van der Waals surface area contributed by atoms with E-state index < -0.39 is 0 Å². The lowest BCUT2D eigenvalue weighted by Crippen LogP contribution is -2.44. The lowest BCUT2D eigenvalue weighted by molar-refractivity contribution is 0.102. The van der Waals surface area contributed by atoms with Crippen LogP contribution in [0, 0.1) is 0 Å². The average Bonchev–Trinajstić information content (AvgIpc) is 2.57. The summed E-state index contributed by atoms with van der Waals surface area (Å²) in [5.74, 6) is -0.233. The van der Waals surface area contributed by atoms with Crippen molar-refractivity contribution in [2.24, 2.45) is 0 Å². The number of anilines is 2. The largest absolute Gasteiger partial charge is 0.367 e. The minimum absolute atomic E-state index is 0.233. The minimum Gasteiger partial charge on any atom is -0.367 e. The van der Waals surface area contributed by atoms with Crippen LogP contribution in [0.15, 0.2) is 42.6 Å². The summed E-state index contributed by atoms with van der Waals surface area (Å²) >= 11 is 6.11. The van der Waals surface area contributed by atoms with Gasteiger partial charge < -0.3 is 15.1 Å². The molecule has 1 amide bonds. The third-order valence-electron chi connectivity index (χ3n) is 3.95. The van der Waals surface area contributed by atoms with Gasteiger partial charge in [0.2, 0.25) is 0 Å². The molecule has 0 radical (unpaired) electrons. The summed E-state index contributed by atoms with van der Waals surface area (Å²) in [4.78, 5) is 21.0. The fraction of sp³-hybridized carbons (Fsp3) is 0.294. The number of amides is 1. The van der Waals surface area contributed by atoms with Crippen LogP contribution in [-0.4, -0.2) is 49.0 Å². The number of aromatic nitrogens is 1. The number of pyridine rings is 1. The number of likely N-dealkylation sites (N-methyl/N-ethyl adjacent to an activating group) is 1. The van der Waals surface area contributed by atoms with Gasteiger partial charge in [0.25, 0.3) is 5.91 Å². The molecule has 2 aromatic rings. The first-order chi connectivity index (χ1) is 11.1. The highest BCUT2D eigenvalue weighted by molar-refractivity contribution is 6.31. The number of benzene rings is 1. The molecule has 2 heterocycles. The van der Waals surface area contributed by atoms with Crippen LogP contribution >= 0.6 is 11.6 Å². The molecule has 1 N–H and O–H groups in total. The Balaban J connectivity index is 1.83. The number of nitrogens with one attached hydrogen (secondary N) is 1. The highest BCUT2D eigenvalue weighted by Crippen LogP contribution is 2.30. The fourth-order valence-electron chi connectivity index (χ4n) is 2.61. The van der Waals surface area contributed by atoms with E-state index in [-0.39, 0.29) is 5.91 Å². The lowest BCUT2D eigenvalue weighted by atomic mass is 10.2. The van der Waals surface area contributed by atoms with Crippen molar-refractivity contribution in [3.63, 3.8) is 0 Å². The van der Waals surface area contributed by atoms with E-state index in [1.807, 2.05) is 12.1 Å². The molecule has 0 unspecified atom stereocenters. The Morgan fingerprint density at radius 3 is 2.65 bits per heavy atom. The van der Waals surface area contributed by atoms with Crippen LogP contribution in [0.25, 0.3) is 0 Å². The van der Waals surface area contributed by atoms with Crippen LogP contribution in [-0.2, 0) is 0 Å². The number of rotatable bonds is 3. The van der Waals surface area contributed by atoms with E-state index in [1.54, 1.807) is 30.5 Å². The highest BCUT2D eigenvalue weighted by Gasteiger charge is 2.19. The zero-order chi connectivity index (χ0) is 16.2. The third kappa shape index (κ3) is 3.81. The summed E-state index contributed by atoms with van der Waals surface area (Å²) in [5.41, 5.74) is 2.10. The van der Waals surface area contributed by atoms with Crippen molar-refractivity contribution in [3.05, 3.63) is 53.3 Å². The zero-order valence-electron chi connectivity index (χ0n) is 13.0. The second kappa shape index (κ2) is 6.98. The van der Waals surface area contributed by atoms with E-state index in [4.69, 9.17) is 11.6 Å². The molecule has 0 aliphatic carbocycles. The van der Waals surface area contributed by atoms with E-state index in [9.17, 15) is 4.79 Å². The van der Waals surface area contributed by atoms with E-state index in [1.165, 1.54) is 0 Å². The van der Waals surface area contributed by atoms with Gasteiger partial charge in [-0.1, -0.05) is 17.7 Å². The Hall–Kier alpha value is -2.11. The summed E-state index contributed by atoms with van der Waals surface area (Å²) in [6, 6.07) is 10.9. The molecule has 0 spiro atoms. The third-order valence-corrected chi connectivity index (χ3v) is 4.18. The lowest BCUT2D eigenvalue weighted by Gasteiger charge is -2.35. The van der Waals surface area contributed by atoms with Gasteiger partial charge >= 0.3 is 0 Å². The maximum atomic E-state index is 12.4. The van der Waals surface area contributed by atoms with Crippen molar-refractivity contribution in [2.45, 2.75) is 0 Å². The van der Waals surface area contributed by atoms with E-state index in [0.29, 0.717) is 10.7 Å². The predicted octanol–water partition coefficient (Wildman–Crippen LogP) is 2.74. The molecular weight excluding hydrogens is 312 g/mol. The molecule has 120 valence electrons. The van der Waals surface area contributed by atoms with Crippen LogP contribution < -0.4 is 10.2 Å². The average molecular weight is 331 g/mol. The quantitative estimate of drug-likeness (QED) is 0.940. The molecule has 6 heteroatoms. The van der Waals surface area contributed by atoms with Crippen molar-refractivity contribution in [2.75, 3.05) is 43.4 Å². The normalized spacial score (nSPS) is 15.5. The first-order valence-electron chi connectivity index (χ1n) is 7.59. The number of piperazine rings is 1. The van der Waals surface area contributed by atoms with Gasteiger partial charge in [-0.15, -0.1) is 0 Å². The van der Waals surface area contributed by atoms with Gasteiger partial charge in [0.05, 0.1) is 11.4 Å². The van der Waals surface area contributed by atoms with E-state index >= 15 is 0 Å². The van der Waals surface area contributed by atoms with E-state index in [2.05, 4.69) is 27.1 Å². The molecule has 1 aromatic heterocycles. The molecule has 0 saturated carbocycles. The highest BCUT2D eigenvalue weighted by atomic mass is 35.5. The van der Waals surface area contributed by atoms with E-state index in [0.717, 1.165) is 37.6 Å². The SMILES string of the molecule is CN1CCN(c2ccc(Cl)cc2NC(=O)c2ccccn2)CC1. The summed E-state index contributed by atoms with van der Waals surface area (Å²) in [6.45, 7) is 3.84. The Kier molecular flexibility index (Phi) is 4.79. The van der Waals surface area contributed by atoms with Crippen LogP contribution in [0.3, 0.4) is 0 Å². The zero-order valence-corrected chi connectivity index (χ0v) is 13.8. The predicted molar refractivity (Wildman–Crippen MR) is 93.4 cm³/mol. The summed E-state index contributed by atoms with van der Waals surface area (Å²) < 4.78 is 0. The number of hydrogen-bond acceptors (Lipinski definition) is 4. The molecule has 23 heavy (non-hydrogen) atoms. The fourth-order valence-corrected chi connectivity index (χ4v) is 2.79. The number of nitrogens with zero attached hydrogens (tertiary/aromatic N) is 3. The van der Waals surface area contributed by atoms with Crippen molar-refractivity contribution >= 4 is 28.9 Å². The Morgan fingerprint density at radius 2 is 1.96 bits per heavy atom. The standard InChI is InChI=1S/C17H19ClN4O/c1-21-8-10-22(11-9-21)16-6-5-13(18)12-15(16)20-17(23)14-4-2-3-7-19-14/h2-7,12H,8-11H2,1H3,(H,20,23). The summed E-state index contributed by atoms with van der Waals surface area (Å²) in [7, 11) is 2.11. The number of carbonyl (C=O) groups excluding carboxylic acids is 1. The Bertz CT molecular complexity index is 684.